The normalized spacial score (nSPS) is 11.9. The summed E-state index contributed by atoms with van der Waals surface area (Å²) in [5.41, 5.74) is 1.35. The monoisotopic (exact) mass is 462 g/mol. The molecule has 1 rings (SSSR count). The van der Waals surface area contributed by atoms with Crippen LogP contribution in [-0.2, 0) is 6.42 Å². The van der Waals surface area contributed by atoms with E-state index < -0.39 is 0 Å². The van der Waals surface area contributed by atoms with Crippen molar-refractivity contribution in [3.63, 3.8) is 0 Å². The van der Waals surface area contributed by atoms with Crippen molar-refractivity contribution < 1.29 is 4.74 Å². The average Bonchev–Trinajstić information content (AvgIpc) is 2.52. The number of halogens is 1. The molecule has 0 radical (unpaired) electrons. The maximum absolute atomic E-state index is 5.40. The SMILES string of the molecule is CCNC(=NCC(C)(C)CN(C)C)NCCc1ccccc1OC.I. The Morgan fingerprint density at radius 2 is 1.88 bits per heavy atom. The molecule has 5 nitrogen and oxygen atoms in total. The minimum absolute atomic E-state index is 0. The minimum atomic E-state index is 0. The van der Waals surface area contributed by atoms with E-state index in [0.717, 1.165) is 44.3 Å². The molecule has 0 heterocycles. The molecular formula is C19H35IN4O. The molecule has 0 aliphatic rings. The Hall–Kier alpha value is -1.02. The van der Waals surface area contributed by atoms with E-state index in [4.69, 9.17) is 9.73 Å². The largest absolute Gasteiger partial charge is 0.496 e. The molecule has 0 fully saturated rings. The number of ether oxygens (including phenoxy) is 1. The zero-order valence-electron chi connectivity index (χ0n) is 16.6. The van der Waals surface area contributed by atoms with E-state index in [0.29, 0.717) is 0 Å². The summed E-state index contributed by atoms with van der Waals surface area (Å²) in [4.78, 5) is 6.95. The molecule has 0 aromatic heterocycles. The van der Waals surface area contributed by atoms with E-state index in [1.54, 1.807) is 7.11 Å². The standard InChI is InChI=1S/C19H34N4O.HI/c1-7-20-18(22-14-19(2,3)15-23(4)5)21-13-12-16-10-8-9-11-17(16)24-6;/h8-11H,7,12-15H2,1-6H3,(H2,20,21,22);1H. The smallest absolute Gasteiger partial charge is 0.191 e. The van der Waals surface area contributed by atoms with Crippen molar-refractivity contribution in [1.29, 1.82) is 0 Å². The number of rotatable bonds is 9. The molecule has 0 saturated heterocycles. The molecule has 0 bridgehead atoms. The van der Waals surface area contributed by atoms with Gasteiger partial charge in [-0.3, -0.25) is 4.99 Å². The molecular weight excluding hydrogens is 427 g/mol. The minimum Gasteiger partial charge on any atom is -0.496 e. The van der Waals surface area contributed by atoms with Crippen LogP contribution in [0.5, 0.6) is 5.75 Å². The first kappa shape index (κ1) is 24.0. The van der Waals surface area contributed by atoms with Crippen molar-refractivity contribution >= 4 is 29.9 Å². The molecule has 0 aliphatic carbocycles. The highest BCUT2D eigenvalue weighted by Gasteiger charge is 2.18. The molecule has 0 amide bonds. The van der Waals surface area contributed by atoms with Crippen LogP contribution in [0.4, 0.5) is 0 Å². The van der Waals surface area contributed by atoms with Crippen LogP contribution < -0.4 is 15.4 Å². The van der Waals surface area contributed by atoms with Crippen molar-refractivity contribution in [2.24, 2.45) is 10.4 Å². The Labute approximate surface area is 170 Å². The van der Waals surface area contributed by atoms with Gasteiger partial charge in [0, 0.05) is 26.2 Å². The second-order valence-corrected chi connectivity index (χ2v) is 7.09. The van der Waals surface area contributed by atoms with E-state index in [-0.39, 0.29) is 29.4 Å². The number of para-hydroxylation sites is 1. The van der Waals surface area contributed by atoms with Gasteiger partial charge in [0.2, 0.25) is 0 Å². The number of guanidine groups is 1. The molecule has 0 saturated carbocycles. The van der Waals surface area contributed by atoms with Crippen LogP contribution in [0.25, 0.3) is 0 Å². The fourth-order valence-corrected chi connectivity index (χ4v) is 2.77. The molecule has 0 spiro atoms. The highest BCUT2D eigenvalue weighted by Crippen LogP contribution is 2.17. The summed E-state index contributed by atoms with van der Waals surface area (Å²) in [5, 5.41) is 6.73. The lowest BCUT2D eigenvalue weighted by Crippen LogP contribution is -2.40. The van der Waals surface area contributed by atoms with Gasteiger partial charge < -0.3 is 20.3 Å². The second kappa shape index (κ2) is 12.4. The van der Waals surface area contributed by atoms with Gasteiger partial charge in [-0.25, -0.2) is 0 Å². The molecule has 2 N–H and O–H groups in total. The summed E-state index contributed by atoms with van der Waals surface area (Å²) in [7, 11) is 5.91. The number of nitrogens with zero attached hydrogens (tertiary/aromatic N) is 2. The Balaban J connectivity index is 0.00000576. The van der Waals surface area contributed by atoms with Crippen molar-refractivity contribution in [1.82, 2.24) is 15.5 Å². The number of methoxy groups -OCH3 is 1. The second-order valence-electron chi connectivity index (χ2n) is 7.09. The maximum atomic E-state index is 5.40. The van der Waals surface area contributed by atoms with Gasteiger partial charge in [0.15, 0.2) is 5.96 Å². The zero-order valence-corrected chi connectivity index (χ0v) is 18.9. The Bertz CT molecular complexity index is 518. The number of benzene rings is 1. The van der Waals surface area contributed by atoms with Gasteiger partial charge >= 0.3 is 0 Å². The fraction of sp³-hybridized carbons (Fsp3) is 0.632. The first-order chi connectivity index (χ1) is 11.4. The van der Waals surface area contributed by atoms with E-state index in [2.05, 4.69) is 56.5 Å². The van der Waals surface area contributed by atoms with Crippen LogP contribution in [0.2, 0.25) is 0 Å². The van der Waals surface area contributed by atoms with Gasteiger partial charge in [0.1, 0.15) is 5.75 Å². The van der Waals surface area contributed by atoms with Crippen LogP contribution in [0.15, 0.2) is 29.3 Å². The molecule has 0 aliphatic heterocycles. The third-order valence-corrected chi connectivity index (χ3v) is 3.63. The number of aliphatic imine (C=N–C) groups is 1. The summed E-state index contributed by atoms with van der Waals surface area (Å²) in [6, 6.07) is 8.14. The Morgan fingerprint density at radius 3 is 2.48 bits per heavy atom. The first-order valence-electron chi connectivity index (χ1n) is 8.67. The lowest BCUT2D eigenvalue weighted by Gasteiger charge is -2.26. The summed E-state index contributed by atoms with van der Waals surface area (Å²) in [6.07, 6.45) is 0.898. The molecule has 6 heteroatoms. The topological polar surface area (TPSA) is 48.9 Å². The van der Waals surface area contributed by atoms with Crippen LogP contribution in [0.1, 0.15) is 26.3 Å². The Morgan fingerprint density at radius 1 is 1.20 bits per heavy atom. The highest BCUT2D eigenvalue weighted by molar-refractivity contribution is 14.0. The molecule has 0 atom stereocenters. The lowest BCUT2D eigenvalue weighted by molar-refractivity contribution is 0.248. The predicted molar refractivity (Wildman–Crippen MR) is 118 cm³/mol. The molecule has 144 valence electrons. The van der Waals surface area contributed by atoms with Gasteiger partial charge in [-0.05, 0) is 44.5 Å². The van der Waals surface area contributed by atoms with E-state index in [1.165, 1.54) is 5.56 Å². The van der Waals surface area contributed by atoms with Gasteiger partial charge in [-0.1, -0.05) is 32.0 Å². The fourth-order valence-electron chi connectivity index (χ4n) is 2.77. The van der Waals surface area contributed by atoms with E-state index in [1.807, 2.05) is 18.2 Å². The first-order valence-corrected chi connectivity index (χ1v) is 8.67. The summed E-state index contributed by atoms with van der Waals surface area (Å²) in [6.45, 7) is 10.0. The predicted octanol–water partition coefficient (Wildman–Crippen LogP) is 3.00. The number of hydrogen-bond acceptors (Lipinski definition) is 3. The Kier molecular flexibility index (Phi) is 11.8. The third kappa shape index (κ3) is 9.89. The zero-order chi connectivity index (χ0) is 18.0. The molecule has 1 aromatic carbocycles. The molecule has 0 unspecified atom stereocenters. The molecule has 25 heavy (non-hydrogen) atoms. The van der Waals surface area contributed by atoms with Crippen molar-refractivity contribution in [3.8, 4) is 5.75 Å². The number of hydrogen-bond donors (Lipinski definition) is 2. The van der Waals surface area contributed by atoms with Crippen LogP contribution in [0.3, 0.4) is 0 Å². The lowest BCUT2D eigenvalue weighted by atomic mass is 9.93. The number of nitrogens with one attached hydrogen (secondary N) is 2. The molecule has 1 aromatic rings. The van der Waals surface area contributed by atoms with Crippen LogP contribution in [-0.4, -0.2) is 58.2 Å². The maximum Gasteiger partial charge on any atom is 0.191 e. The van der Waals surface area contributed by atoms with Gasteiger partial charge in [-0.15, -0.1) is 24.0 Å². The summed E-state index contributed by atoms with van der Waals surface area (Å²) >= 11 is 0. The van der Waals surface area contributed by atoms with Gasteiger partial charge in [-0.2, -0.15) is 0 Å². The van der Waals surface area contributed by atoms with Gasteiger partial charge in [0.05, 0.1) is 7.11 Å². The van der Waals surface area contributed by atoms with Crippen LogP contribution in [0, 0.1) is 5.41 Å². The van der Waals surface area contributed by atoms with E-state index in [9.17, 15) is 0 Å². The van der Waals surface area contributed by atoms with E-state index >= 15 is 0 Å². The summed E-state index contributed by atoms with van der Waals surface area (Å²) in [5.74, 6) is 1.81. The summed E-state index contributed by atoms with van der Waals surface area (Å²) < 4.78 is 5.40. The third-order valence-electron chi connectivity index (χ3n) is 3.63. The van der Waals surface area contributed by atoms with Gasteiger partial charge in [0.25, 0.3) is 0 Å². The van der Waals surface area contributed by atoms with Crippen LogP contribution >= 0.6 is 24.0 Å². The van der Waals surface area contributed by atoms with Crippen molar-refractivity contribution in [3.05, 3.63) is 29.8 Å². The van der Waals surface area contributed by atoms with Crippen molar-refractivity contribution in [2.45, 2.75) is 27.2 Å². The highest BCUT2D eigenvalue weighted by atomic mass is 127. The average molecular weight is 462 g/mol. The quantitative estimate of drug-likeness (QED) is 0.337. The van der Waals surface area contributed by atoms with Crippen molar-refractivity contribution in [2.75, 3.05) is 47.4 Å².